The summed E-state index contributed by atoms with van der Waals surface area (Å²) in [5.41, 5.74) is 1.71. The monoisotopic (exact) mass is 261 g/mol. The molecule has 0 unspecified atom stereocenters. The third kappa shape index (κ3) is 2.76. The number of rotatable bonds is 4. The molecule has 0 aliphatic carbocycles. The highest BCUT2D eigenvalue weighted by Crippen LogP contribution is 2.24. The quantitative estimate of drug-likeness (QED) is 0.916. The molecule has 0 aliphatic rings. The van der Waals surface area contributed by atoms with Crippen LogP contribution in [0.15, 0.2) is 22.6 Å². The van der Waals surface area contributed by atoms with Crippen LogP contribution in [0.25, 0.3) is 0 Å². The van der Waals surface area contributed by atoms with Crippen LogP contribution in [0.5, 0.6) is 5.75 Å². The molecule has 1 heterocycles. The molecule has 5 nitrogen and oxygen atoms in total. The third-order valence-corrected chi connectivity index (χ3v) is 2.86. The average molecular weight is 261 g/mol. The van der Waals surface area contributed by atoms with E-state index in [1.807, 2.05) is 13.8 Å². The van der Waals surface area contributed by atoms with Gasteiger partial charge in [0.05, 0.1) is 5.69 Å². The molecule has 0 saturated heterocycles. The number of carboxylic acid groups (broad SMARTS) is 1. The van der Waals surface area contributed by atoms with Gasteiger partial charge in [0.1, 0.15) is 17.1 Å². The minimum atomic E-state index is -1.02. The maximum atomic E-state index is 11.1. The number of hydrogen-bond acceptors (Lipinski definition) is 4. The largest absolute Gasteiger partial charge is 0.483 e. The number of ether oxygens (including phenoxy) is 1. The molecule has 0 spiro atoms. The second kappa shape index (κ2) is 5.14. The van der Waals surface area contributed by atoms with E-state index in [1.54, 1.807) is 19.1 Å². The lowest BCUT2D eigenvalue weighted by Crippen LogP contribution is -2.05. The van der Waals surface area contributed by atoms with E-state index in [0.29, 0.717) is 11.6 Å². The van der Waals surface area contributed by atoms with Crippen LogP contribution in [0, 0.1) is 20.8 Å². The van der Waals surface area contributed by atoms with Gasteiger partial charge >= 0.3 is 5.97 Å². The van der Waals surface area contributed by atoms with Crippen LogP contribution < -0.4 is 4.74 Å². The molecule has 2 rings (SSSR count). The van der Waals surface area contributed by atoms with Crippen molar-refractivity contribution in [2.24, 2.45) is 0 Å². The van der Waals surface area contributed by atoms with E-state index < -0.39 is 5.97 Å². The number of aryl methyl sites for hydroxylation is 3. The van der Waals surface area contributed by atoms with E-state index in [0.717, 1.165) is 17.0 Å². The zero-order valence-electron chi connectivity index (χ0n) is 11.1. The van der Waals surface area contributed by atoms with Gasteiger partial charge in [-0.15, -0.1) is 0 Å². The van der Waals surface area contributed by atoms with Gasteiger partial charge in [-0.3, -0.25) is 0 Å². The Balaban J connectivity index is 2.21. The molecule has 1 N–H and O–H groups in total. The van der Waals surface area contributed by atoms with Crippen molar-refractivity contribution in [3.05, 3.63) is 46.7 Å². The normalized spacial score (nSPS) is 10.5. The minimum absolute atomic E-state index is 0.111. The first-order chi connectivity index (χ1) is 8.99. The first-order valence-electron chi connectivity index (χ1n) is 5.87. The van der Waals surface area contributed by atoms with Crippen molar-refractivity contribution in [1.29, 1.82) is 0 Å². The third-order valence-electron chi connectivity index (χ3n) is 2.86. The summed E-state index contributed by atoms with van der Waals surface area (Å²) >= 11 is 0. The van der Waals surface area contributed by atoms with Gasteiger partial charge in [0.2, 0.25) is 5.89 Å². The SMILES string of the molecule is Cc1cccc(C(=O)O)c1OCc1nc(C)c(C)o1. The fraction of sp³-hybridized carbons (Fsp3) is 0.286. The van der Waals surface area contributed by atoms with Gasteiger partial charge in [0.15, 0.2) is 6.61 Å². The summed E-state index contributed by atoms with van der Waals surface area (Å²) in [6, 6.07) is 5.00. The Kier molecular flexibility index (Phi) is 3.55. The number of carboxylic acids is 1. The summed E-state index contributed by atoms with van der Waals surface area (Å²) in [6.45, 7) is 5.58. The van der Waals surface area contributed by atoms with Gasteiger partial charge in [-0.2, -0.15) is 0 Å². The smallest absolute Gasteiger partial charge is 0.339 e. The number of aromatic carboxylic acids is 1. The number of carbonyl (C=O) groups is 1. The Morgan fingerprint density at radius 2 is 2.11 bits per heavy atom. The molecule has 5 heteroatoms. The predicted molar refractivity (Wildman–Crippen MR) is 68.4 cm³/mol. The van der Waals surface area contributed by atoms with Crippen LogP contribution in [-0.2, 0) is 6.61 Å². The first-order valence-corrected chi connectivity index (χ1v) is 5.87. The molecule has 0 amide bonds. The minimum Gasteiger partial charge on any atom is -0.483 e. The summed E-state index contributed by atoms with van der Waals surface area (Å²) < 4.78 is 10.9. The maximum absolute atomic E-state index is 11.1. The number of nitrogens with zero attached hydrogens (tertiary/aromatic N) is 1. The number of hydrogen-bond donors (Lipinski definition) is 1. The highest BCUT2D eigenvalue weighted by molar-refractivity contribution is 5.91. The fourth-order valence-electron chi connectivity index (χ4n) is 1.75. The molecule has 0 saturated carbocycles. The zero-order valence-corrected chi connectivity index (χ0v) is 11.1. The van der Waals surface area contributed by atoms with Crippen LogP contribution in [0.2, 0.25) is 0 Å². The number of benzene rings is 1. The van der Waals surface area contributed by atoms with Crippen molar-refractivity contribution in [3.63, 3.8) is 0 Å². The first kappa shape index (κ1) is 13.1. The van der Waals surface area contributed by atoms with Crippen molar-refractivity contribution in [3.8, 4) is 5.75 Å². The van der Waals surface area contributed by atoms with E-state index in [9.17, 15) is 4.79 Å². The lowest BCUT2D eigenvalue weighted by Gasteiger charge is -2.10. The zero-order chi connectivity index (χ0) is 14.0. The van der Waals surface area contributed by atoms with E-state index in [4.69, 9.17) is 14.3 Å². The maximum Gasteiger partial charge on any atom is 0.339 e. The summed E-state index contributed by atoms with van der Waals surface area (Å²) in [6.07, 6.45) is 0. The molecule has 0 fully saturated rings. The molecule has 1 aromatic carbocycles. The second-order valence-corrected chi connectivity index (χ2v) is 4.29. The van der Waals surface area contributed by atoms with Gasteiger partial charge < -0.3 is 14.3 Å². The highest BCUT2D eigenvalue weighted by atomic mass is 16.5. The second-order valence-electron chi connectivity index (χ2n) is 4.29. The fourth-order valence-corrected chi connectivity index (χ4v) is 1.75. The Morgan fingerprint density at radius 1 is 1.37 bits per heavy atom. The summed E-state index contributed by atoms with van der Waals surface area (Å²) in [5, 5.41) is 9.12. The molecular weight excluding hydrogens is 246 g/mol. The summed E-state index contributed by atoms with van der Waals surface area (Å²) in [7, 11) is 0. The Morgan fingerprint density at radius 3 is 2.68 bits per heavy atom. The van der Waals surface area contributed by atoms with Crippen LogP contribution >= 0.6 is 0 Å². The highest BCUT2D eigenvalue weighted by Gasteiger charge is 2.14. The molecule has 0 radical (unpaired) electrons. The lowest BCUT2D eigenvalue weighted by molar-refractivity contribution is 0.0691. The van der Waals surface area contributed by atoms with Gasteiger partial charge in [-0.05, 0) is 32.4 Å². The van der Waals surface area contributed by atoms with Gasteiger partial charge in [0.25, 0.3) is 0 Å². The number of aromatic nitrogens is 1. The van der Waals surface area contributed by atoms with E-state index in [1.165, 1.54) is 6.07 Å². The standard InChI is InChI=1S/C14H15NO4/c1-8-5-4-6-11(14(16)17)13(8)18-7-12-15-9(2)10(3)19-12/h4-6H,7H2,1-3H3,(H,16,17). The van der Waals surface area contributed by atoms with Crippen LogP contribution in [0.4, 0.5) is 0 Å². The number of para-hydroxylation sites is 1. The average Bonchev–Trinajstić information content (AvgIpc) is 2.67. The van der Waals surface area contributed by atoms with Gasteiger partial charge in [-0.1, -0.05) is 12.1 Å². The topological polar surface area (TPSA) is 72.6 Å². The van der Waals surface area contributed by atoms with Crippen molar-refractivity contribution in [1.82, 2.24) is 4.98 Å². The number of oxazole rings is 1. The van der Waals surface area contributed by atoms with Crippen molar-refractivity contribution < 1.29 is 19.1 Å². The Labute approximate surface area is 110 Å². The molecule has 0 bridgehead atoms. The molecule has 1 aromatic heterocycles. The van der Waals surface area contributed by atoms with Crippen LogP contribution in [0.3, 0.4) is 0 Å². The molecule has 0 atom stereocenters. The predicted octanol–water partition coefficient (Wildman–Crippen LogP) is 2.88. The molecule has 19 heavy (non-hydrogen) atoms. The van der Waals surface area contributed by atoms with Crippen LogP contribution in [0.1, 0.15) is 33.3 Å². The van der Waals surface area contributed by atoms with Crippen molar-refractivity contribution in [2.75, 3.05) is 0 Å². The molecular formula is C14H15NO4. The van der Waals surface area contributed by atoms with Gasteiger partial charge in [0, 0.05) is 0 Å². The van der Waals surface area contributed by atoms with Crippen molar-refractivity contribution >= 4 is 5.97 Å². The van der Waals surface area contributed by atoms with Crippen molar-refractivity contribution in [2.45, 2.75) is 27.4 Å². The molecule has 2 aromatic rings. The molecule has 0 aliphatic heterocycles. The molecule has 100 valence electrons. The van der Waals surface area contributed by atoms with E-state index >= 15 is 0 Å². The lowest BCUT2D eigenvalue weighted by atomic mass is 10.1. The van der Waals surface area contributed by atoms with E-state index in [2.05, 4.69) is 4.98 Å². The summed E-state index contributed by atoms with van der Waals surface area (Å²) in [4.78, 5) is 15.3. The van der Waals surface area contributed by atoms with Crippen LogP contribution in [-0.4, -0.2) is 16.1 Å². The summed E-state index contributed by atoms with van der Waals surface area (Å²) in [5.74, 6) is 0.512. The Hall–Kier alpha value is -2.30. The Bertz CT molecular complexity index is 596. The van der Waals surface area contributed by atoms with Gasteiger partial charge in [-0.25, -0.2) is 9.78 Å². The van der Waals surface area contributed by atoms with E-state index in [-0.39, 0.29) is 12.2 Å².